The highest BCUT2D eigenvalue weighted by Gasteiger charge is 2.34. The zero-order valence-electron chi connectivity index (χ0n) is 50.4. The molecule has 0 saturated heterocycles. The minimum atomic E-state index is -2.02. The van der Waals surface area contributed by atoms with Gasteiger partial charge in [-0.1, -0.05) is 55.2 Å². The van der Waals surface area contributed by atoms with Crippen molar-refractivity contribution in [3.63, 3.8) is 0 Å². The molecule has 0 aliphatic carbocycles. The Morgan fingerprint density at radius 1 is 0.568 bits per heavy atom. The Bertz CT molecular complexity index is 2870. The van der Waals surface area contributed by atoms with Crippen molar-refractivity contribution >= 4 is 99.2 Å². The molecule has 0 aliphatic rings. The molecule has 2 aromatic heterocycles. The fourth-order valence-corrected chi connectivity index (χ4v) is 21.0. The van der Waals surface area contributed by atoms with Crippen LogP contribution in [0.4, 0.5) is 0 Å². The van der Waals surface area contributed by atoms with E-state index in [0.717, 1.165) is 29.8 Å². The molecule has 0 aliphatic heterocycles. The first kappa shape index (κ1) is 74.9. The second-order valence-corrected chi connectivity index (χ2v) is 33.8. The van der Waals surface area contributed by atoms with Gasteiger partial charge >= 0.3 is 41.8 Å². The van der Waals surface area contributed by atoms with E-state index in [1.165, 1.54) is 4.68 Å². The molecule has 88 heavy (non-hydrogen) atoms. The summed E-state index contributed by atoms with van der Waals surface area (Å²) in [6.07, 6.45) is 4.60. The van der Waals surface area contributed by atoms with Crippen molar-refractivity contribution in [2.75, 3.05) is 5.38 Å². The first-order valence-electron chi connectivity index (χ1n) is 29.3. The van der Waals surface area contributed by atoms with E-state index in [9.17, 15) is 83.1 Å². The highest BCUT2D eigenvalue weighted by Crippen LogP contribution is 2.26. The van der Waals surface area contributed by atoms with Gasteiger partial charge in [0.05, 0.1) is 54.6 Å². The van der Waals surface area contributed by atoms with Crippen LogP contribution < -0.4 is 5.32 Å². The fourth-order valence-electron chi connectivity index (χ4n) is 10.1. The van der Waals surface area contributed by atoms with E-state index >= 15 is 0 Å². The monoisotopic (exact) mass is 1280 g/mol. The summed E-state index contributed by atoms with van der Waals surface area (Å²) in [5.74, 6) is -15.3. The second-order valence-electron chi connectivity index (χ2n) is 23.6. The number of ketones is 4. The average molecular weight is 1290 g/mol. The number of aliphatic carboxylic acids is 7. The van der Waals surface area contributed by atoms with Gasteiger partial charge in [0.1, 0.15) is 23.2 Å². The smallest absolute Gasteiger partial charge is 0.306 e. The number of carboxylic acids is 7. The first-order chi connectivity index (χ1) is 41.4. The van der Waals surface area contributed by atoms with Crippen LogP contribution in [0.5, 0.6) is 0 Å². The van der Waals surface area contributed by atoms with Crippen molar-refractivity contribution < 1.29 is 97.4 Å². The number of hydrogen-bond donors (Lipinski definition) is 8. The van der Waals surface area contributed by atoms with Crippen LogP contribution in [0.15, 0.2) is 42.9 Å². The van der Waals surface area contributed by atoms with E-state index in [1.807, 2.05) is 0 Å². The number of Topliss-reactive ketones (excluding diaryl/α,β-unsaturated/α-hetero) is 4. The molecule has 0 saturated carbocycles. The van der Waals surface area contributed by atoms with Crippen LogP contribution in [0.1, 0.15) is 150 Å². The normalized spacial score (nSPS) is 13.3. The molecule has 0 fully saturated rings. The van der Waals surface area contributed by atoms with Gasteiger partial charge in [0.25, 0.3) is 0 Å². The zero-order valence-corrected chi connectivity index (χ0v) is 53.2. The summed E-state index contributed by atoms with van der Waals surface area (Å²) in [6, 6.07) is 5.95. The molecule has 0 spiro atoms. The Hall–Kier alpha value is -7.38. The second kappa shape index (κ2) is 38.1. The van der Waals surface area contributed by atoms with Crippen LogP contribution >= 0.6 is 11.8 Å². The molecule has 1 amide bonds. The van der Waals surface area contributed by atoms with Crippen LogP contribution in [0.25, 0.3) is 0 Å². The quantitative estimate of drug-likeness (QED) is 0.0211. The van der Waals surface area contributed by atoms with Crippen molar-refractivity contribution in [1.29, 1.82) is 0 Å². The Morgan fingerprint density at radius 3 is 1.75 bits per heavy atom. The predicted octanol–water partition coefficient (Wildman–Crippen LogP) is 6.87. The molecule has 3 rings (SSSR count). The topological polar surface area (TPSA) is 424 Å². The Balaban J connectivity index is 1.49. The number of aryl methyl sites for hydroxylation is 1. The highest BCUT2D eigenvalue weighted by molar-refractivity contribution is 8.00. The van der Waals surface area contributed by atoms with E-state index in [2.05, 4.69) is 51.8 Å². The van der Waals surface area contributed by atoms with Gasteiger partial charge in [0.2, 0.25) is 5.91 Å². The number of nitrogens with zero attached hydrogens (tertiary/aromatic N) is 5. The first-order valence-corrected chi connectivity index (χ1v) is 36.7. The van der Waals surface area contributed by atoms with Crippen LogP contribution in [-0.4, -0.2) is 160 Å². The van der Waals surface area contributed by atoms with Crippen molar-refractivity contribution in [3.8, 4) is 0 Å². The van der Waals surface area contributed by atoms with Crippen molar-refractivity contribution in [1.82, 2.24) is 30.3 Å². The molecule has 0 radical (unpaired) electrons. The maximum atomic E-state index is 13.7. The number of amides is 1. The van der Waals surface area contributed by atoms with E-state index in [4.69, 9.17) is 14.3 Å². The average Bonchev–Trinajstić information content (AvgIpc) is 3.89. The van der Waals surface area contributed by atoms with Crippen molar-refractivity contribution in [2.24, 2.45) is 23.7 Å². The number of carbonyl (C=O) groups is 12. The molecular formula is C59H84N6O20SSi2. The summed E-state index contributed by atoms with van der Waals surface area (Å²) in [7, 11) is -3.95. The van der Waals surface area contributed by atoms with Gasteiger partial charge in [0.15, 0.2) is 22.4 Å². The van der Waals surface area contributed by atoms with E-state index in [1.54, 1.807) is 54.6 Å². The predicted molar refractivity (Wildman–Crippen MR) is 323 cm³/mol. The Labute approximate surface area is 516 Å². The van der Waals surface area contributed by atoms with Crippen molar-refractivity contribution in [2.45, 2.75) is 192 Å². The number of carboxylic acid groups (broad SMARTS) is 7. The van der Waals surface area contributed by atoms with Crippen molar-refractivity contribution in [3.05, 3.63) is 71.1 Å². The molecule has 26 nitrogen and oxygen atoms in total. The number of nitrogens with one attached hydrogen (secondary N) is 1. The number of benzene rings is 1. The Kier molecular flexibility index (Phi) is 32.4. The summed E-state index contributed by atoms with van der Waals surface area (Å²) >= 11 is 1.70. The minimum absolute atomic E-state index is 0.0504. The SMILES string of the molecule is C[Si](C)(CCCCCC(=O)O)O[Si](C)(C)CSCc1ncc(Cn2cc(C[C@@H](CC(=O)O)CC(=O)[C@H](CC(=O)O)NC(=O)[C@H](CC(=O)O)CC(=O)Cc3ccc(CCC(=O)CCCCC[C@H](CC(=O)C[C@@H](CCC(=O)O)C(=O)O)C(=O)O)cc3)nn2)cn1. The molecule has 1 aromatic carbocycles. The molecule has 2 heterocycles. The number of unbranched alkanes of at least 4 members (excludes halogenated alkanes) is 4. The summed E-state index contributed by atoms with van der Waals surface area (Å²) in [6.45, 7) is 8.99. The van der Waals surface area contributed by atoms with Gasteiger partial charge < -0.3 is 45.2 Å². The zero-order chi connectivity index (χ0) is 65.6. The third kappa shape index (κ3) is 32.0. The third-order valence-electron chi connectivity index (χ3n) is 14.4. The van der Waals surface area contributed by atoms with E-state index < -0.39 is 163 Å². The van der Waals surface area contributed by atoms with Gasteiger partial charge in [0, 0.05) is 93.7 Å². The standard InChI is InChI=1S/C59H84N6O20SSi2/c1-87(2,22-10-6-9-13-52(70)71)85-88(3,4)37-86-36-51-60-32-41(33-61-51)34-65-35-45(63-64-65)23-40(26-54(74)75)25-50(69)49(31-56(78)79)62-57(80)44(30-55(76)77)29-47(67)24-39-16-14-38(15-17-39)18-20-46(66)12-8-5-7-11-42(58(81)82)27-48(68)28-43(59(83)84)19-21-53(72)73/h14-17,32-33,35,40,42-44,49H,5-13,18-31,34,36-37H2,1-4H3,(H,62,80)(H,70,71)(H,72,73)(H,74,75)(H,76,77)(H,78,79)(H,81,82)(H,83,84)/t40-,42-,43-,44+,49+/m1/s1. The number of thioether (sulfide) groups is 1. The maximum Gasteiger partial charge on any atom is 0.306 e. The van der Waals surface area contributed by atoms with Gasteiger partial charge in [-0.15, -0.1) is 5.10 Å². The van der Waals surface area contributed by atoms with Gasteiger partial charge in [-0.05, 0) is 87.8 Å². The summed E-state index contributed by atoms with van der Waals surface area (Å²) in [5, 5.41) is 77.2. The number of rotatable bonds is 49. The summed E-state index contributed by atoms with van der Waals surface area (Å²) in [4.78, 5) is 156. The Morgan fingerprint density at radius 2 is 1.15 bits per heavy atom. The molecular weight excluding hydrogens is 1200 g/mol. The van der Waals surface area contributed by atoms with E-state index in [0.29, 0.717) is 60.5 Å². The molecule has 484 valence electrons. The van der Waals surface area contributed by atoms with Crippen LogP contribution in [-0.2, 0) is 93.2 Å². The number of aromatic nitrogens is 5. The molecule has 5 atom stereocenters. The van der Waals surface area contributed by atoms with E-state index in [-0.39, 0.29) is 57.3 Å². The minimum Gasteiger partial charge on any atom is -0.481 e. The molecule has 29 heteroatoms. The molecule has 0 bridgehead atoms. The summed E-state index contributed by atoms with van der Waals surface area (Å²) in [5.41, 5.74) is 2.30. The highest BCUT2D eigenvalue weighted by atomic mass is 32.2. The summed E-state index contributed by atoms with van der Waals surface area (Å²) < 4.78 is 8.20. The lowest BCUT2D eigenvalue weighted by Gasteiger charge is -2.34. The van der Waals surface area contributed by atoms with Crippen LogP contribution in [0.2, 0.25) is 32.2 Å². The largest absolute Gasteiger partial charge is 0.481 e. The van der Waals surface area contributed by atoms with Crippen LogP contribution in [0.3, 0.4) is 0 Å². The number of carbonyl (C=O) groups excluding carboxylic acids is 5. The van der Waals surface area contributed by atoms with Gasteiger partial charge in [-0.2, -0.15) is 11.8 Å². The fraction of sp³-hybridized carbons (Fsp3) is 0.593. The third-order valence-corrected chi connectivity index (χ3v) is 24.4. The maximum absolute atomic E-state index is 13.7. The molecule has 8 N–H and O–H groups in total. The van der Waals surface area contributed by atoms with Crippen LogP contribution in [0, 0.1) is 23.7 Å². The van der Waals surface area contributed by atoms with Gasteiger partial charge in [-0.25, -0.2) is 14.6 Å². The van der Waals surface area contributed by atoms with Gasteiger partial charge in [-0.3, -0.25) is 57.5 Å². The lowest BCUT2D eigenvalue weighted by molar-refractivity contribution is -0.146. The molecule has 0 unspecified atom stereocenters. The number of hydrogen-bond acceptors (Lipinski definition) is 18. The molecule has 3 aromatic rings. The lowest BCUT2D eigenvalue weighted by Crippen LogP contribution is -2.46. The lowest BCUT2D eigenvalue weighted by atomic mass is 9.90.